The third-order valence-electron chi connectivity index (χ3n) is 2.42. The Kier molecular flexibility index (Phi) is 6.40. The zero-order chi connectivity index (χ0) is 12.7. The van der Waals surface area contributed by atoms with Crippen LogP contribution in [0.3, 0.4) is 0 Å². The van der Waals surface area contributed by atoms with E-state index in [0.717, 1.165) is 12.5 Å². The molecule has 0 heterocycles. The van der Waals surface area contributed by atoms with Crippen molar-refractivity contribution in [1.29, 1.82) is 0 Å². The predicted octanol–water partition coefficient (Wildman–Crippen LogP) is 2.70. The molecule has 1 aromatic rings. The number of halogens is 3. The van der Waals surface area contributed by atoms with E-state index in [2.05, 4.69) is 5.32 Å². The van der Waals surface area contributed by atoms with Gasteiger partial charge in [0.25, 0.3) is 0 Å². The van der Waals surface area contributed by atoms with Gasteiger partial charge >= 0.3 is 0 Å². The van der Waals surface area contributed by atoms with Crippen LogP contribution in [0.15, 0.2) is 18.2 Å². The number of hydrogen-bond donors (Lipinski definition) is 1. The lowest BCUT2D eigenvalue weighted by atomic mass is 10.1. The first-order valence-corrected chi connectivity index (χ1v) is 5.93. The van der Waals surface area contributed by atoms with Crippen molar-refractivity contribution >= 4 is 11.6 Å². The Morgan fingerprint density at radius 3 is 2.76 bits per heavy atom. The molecule has 0 radical (unpaired) electrons. The van der Waals surface area contributed by atoms with Gasteiger partial charge in [-0.2, -0.15) is 0 Å². The van der Waals surface area contributed by atoms with Crippen LogP contribution in [0.2, 0.25) is 0 Å². The molecule has 1 N–H and O–H groups in total. The van der Waals surface area contributed by atoms with E-state index in [1.807, 2.05) is 0 Å². The molecule has 0 aliphatic carbocycles. The molecule has 0 bridgehead atoms. The zero-order valence-electron chi connectivity index (χ0n) is 9.68. The summed E-state index contributed by atoms with van der Waals surface area (Å²) in [6.07, 6.45) is 0.734. The van der Waals surface area contributed by atoms with Gasteiger partial charge in [-0.3, -0.25) is 0 Å². The van der Waals surface area contributed by atoms with Crippen molar-refractivity contribution in [1.82, 2.24) is 5.32 Å². The lowest BCUT2D eigenvalue weighted by molar-refractivity contribution is 0.164. The summed E-state index contributed by atoms with van der Waals surface area (Å²) in [7, 11) is 1.60. The van der Waals surface area contributed by atoms with Crippen LogP contribution >= 0.6 is 11.6 Å². The molecule has 0 spiro atoms. The molecule has 1 rings (SSSR count). The Morgan fingerprint density at radius 1 is 1.41 bits per heavy atom. The molecule has 0 fully saturated rings. The lowest BCUT2D eigenvalue weighted by Crippen LogP contribution is -2.33. The highest BCUT2D eigenvalue weighted by Gasteiger charge is 2.09. The minimum atomic E-state index is -0.569. The van der Waals surface area contributed by atoms with E-state index in [1.165, 1.54) is 12.1 Å². The van der Waals surface area contributed by atoms with E-state index in [9.17, 15) is 8.78 Å². The molecular formula is C12H16ClF2NO. The van der Waals surface area contributed by atoms with Crippen LogP contribution in [-0.4, -0.2) is 25.6 Å². The second-order valence-electron chi connectivity index (χ2n) is 3.75. The third kappa shape index (κ3) is 4.98. The Morgan fingerprint density at radius 2 is 2.18 bits per heavy atom. The number of methoxy groups -OCH3 is 1. The summed E-state index contributed by atoms with van der Waals surface area (Å²) in [6.45, 7) is 0.840. The maximum atomic E-state index is 13.3. The van der Waals surface area contributed by atoms with Gasteiger partial charge in [0, 0.05) is 37.2 Å². The summed E-state index contributed by atoms with van der Waals surface area (Å²) in [5, 5.41) is 3.13. The van der Waals surface area contributed by atoms with Crippen molar-refractivity contribution in [2.24, 2.45) is 0 Å². The van der Waals surface area contributed by atoms with Crippen LogP contribution in [-0.2, 0) is 11.3 Å². The highest BCUT2D eigenvalue weighted by molar-refractivity contribution is 6.17. The molecule has 0 saturated carbocycles. The molecular weight excluding hydrogens is 248 g/mol. The van der Waals surface area contributed by atoms with Gasteiger partial charge in [0.1, 0.15) is 11.6 Å². The van der Waals surface area contributed by atoms with Crippen molar-refractivity contribution in [3.8, 4) is 0 Å². The maximum absolute atomic E-state index is 13.3. The molecule has 1 unspecified atom stereocenters. The van der Waals surface area contributed by atoms with Gasteiger partial charge in [-0.25, -0.2) is 8.78 Å². The standard InChI is InChI=1S/C12H16ClF2NO/c1-17-8-11(4-5-13)16-7-9-2-3-10(14)6-12(9)15/h2-3,6,11,16H,4-5,7-8H2,1H3. The van der Waals surface area contributed by atoms with Gasteiger partial charge in [-0.1, -0.05) is 6.07 Å². The number of benzene rings is 1. The molecule has 1 aromatic carbocycles. The molecule has 17 heavy (non-hydrogen) atoms. The average molecular weight is 264 g/mol. The Hall–Kier alpha value is -0.710. The van der Waals surface area contributed by atoms with Crippen molar-refractivity contribution in [2.75, 3.05) is 19.6 Å². The summed E-state index contributed by atoms with van der Waals surface area (Å²) < 4.78 is 31.0. The van der Waals surface area contributed by atoms with E-state index < -0.39 is 11.6 Å². The number of rotatable bonds is 7. The Labute approximate surface area is 105 Å². The molecule has 96 valence electrons. The molecule has 5 heteroatoms. The highest BCUT2D eigenvalue weighted by Crippen LogP contribution is 2.09. The maximum Gasteiger partial charge on any atom is 0.130 e. The molecule has 0 amide bonds. The number of hydrogen-bond acceptors (Lipinski definition) is 2. The lowest BCUT2D eigenvalue weighted by Gasteiger charge is -2.16. The predicted molar refractivity (Wildman–Crippen MR) is 64.2 cm³/mol. The second-order valence-corrected chi connectivity index (χ2v) is 4.12. The van der Waals surface area contributed by atoms with Crippen LogP contribution in [0.25, 0.3) is 0 Å². The summed E-state index contributed by atoms with van der Waals surface area (Å²) >= 11 is 5.65. The van der Waals surface area contributed by atoms with Crippen molar-refractivity contribution in [2.45, 2.75) is 19.0 Å². The number of ether oxygens (including phenoxy) is 1. The Bertz CT molecular complexity index is 343. The van der Waals surface area contributed by atoms with Crippen LogP contribution in [0.4, 0.5) is 8.78 Å². The fourth-order valence-corrected chi connectivity index (χ4v) is 1.76. The fourth-order valence-electron chi connectivity index (χ4n) is 1.50. The van der Waals surface area contributed by atoms with Crippen molar-refractivity contribution < 1.29 is 13.5 Å². The first kappa shape index (κ1) is 14.4. The SMILES string of the molecule is COCC(CCCl)NCc1ccc(F)cc1F. The summed E-state index contributed by atoms with van der Waals surface area (Å²) in [5.41, 5.74) is 0.432. The van der Waals surface area contributed by atoms with E-state index in [1.54, 1.807) is 7.11 Å². The molecule has 0 aliphatic rings. The summed E-state index contributed by atoms with van der Waals surface area (Å²) in [4.78, 5) is 0. The minimum Gasteiger partial charge on any atom is -0.383 e. The first-order chi connectivity index (χ1) is 8.17. The number of alkyl halides is 1. The molecule has 2 nitrogen and oxygen atoms in total. The van der Waals surface area contributed by atoms with Crippen LogP contribution in [0.5, 0.6) is 0 Å². The van der Waals surface area contributed by atoms with E-state index in [-0.39, 0.29) is 6.04 Å². The van der Waals surface area contributed by atoms with E-state index in [0.29, 0.717) is 24.6 Å². The van der Waals surface area contributed by atoms with Gasteiger partial charge < -0.3 is 10.1 Å². The smallest absolute Gasteiger partial charge is 0.130 e. The van der Waals surface area contributed by atoms with Gasteiger partial charge in [-0.05, 0) is 12.5 Å². The summed E-state index contributed by atoms with van der Waals surface area (Å²) in [6, 6.07) is 3.63. The Balaban J connectivity index is 2.52. The first-order valence-electron chi connectivity index (χ1n) is 5.39. The summed E-state index contributed by atoms with van der Waals surface area (Å²) in [5.74, 6) is -0.604. The fraction of sp³-hybridized carbons (Fsp3) is 0.500. The normalized spacial score (nSPS) is 12.7. The molecule has 0 aliphatic heterocycles. The van der Waals surface area contributed by atoms with Crippen molar-refractivity contribution in [3.63, 3.8) is 0 Å². The molecule has 0 saturated heterocycles. The van der Waals surface area contributed by atoms with E-state index >= 15 is 0 Å². The third-order valence-corrected chi connectivity index (χ3v) is 2.64. The van der Waals surface area contributed by atoms with Gasteiger partial charge in [0.15, 0.2) is 0 Å². The highest BCUT2D eigenvalue weighted by atomic mass is 35.5. The van der Waals surface area contributed by atoms with Crippen LogP contribution < -0.4 is 5.32 Å². The largest absolute Gasteiger partial charge is 0.383 e. The molecule has 0 aromatic heterocycles. The van der Waals surface area contributed by atoms with Crippen LogP contribution in [0.1, 0.15) is 12.0 Å². The van der Waals surface area contributed by atoms with E-state index in [4.69, 9.17) is 16.3 Å². The minimum absolute atomic E-state index is 0.0713. The van der Waals surface area contributed by atoms with Gasteiger partial charge in [0.2, 0.25) is 0 Å². The monoisotopic (exact) mass is 263 g/mol. The number of nitrogens with one attached hydrogen (secondary N) is 1. The molecule has 1 atom stereocenters. The van der Waals surface area contributed by atoms with Crippen molar-refractivity contribution in [3.05, 3.63) is 35.4 Å². The quantitative estimate of drug-likeness (QED) is 0.764. The zero-order valence-corrected chi connectivity index (χ0v) is 10.4. The van der Waals surface area contributed by atoms with Gasteiger partial charge in [-0.15, -0.1) is 11.6 Å². The topological polar surface area (TPSA) is 21.3 Å². The second kappa shape index (κ2) is 7.58. The van der Waals surface area contributed by atoms with Gasteiger partial charge in [0.05, 0.1) is 6.61 Å². The van der Waals surface area contributed by atoms with Crippen LogP contribution in [0, 0.1) is 11.6 Å². The average Bonchev–Trinajstić information content (AvgIpc) is 2.28.